The van der Waals surface area contributed by atoms with Gasteiger partial charge in [-0.3, -0.25) is 4.79 Å². The second kappa shape index (κ2) is 7.03. The maximum Gasteiger partial charge on any atom is 0.188 e. The van der Waals surface area contributed by atoms with Gasteiger partial charge in [0.15, 0.2) is 5.78 Å². The molecule has 0 radical (unpaired) electrons. The molecule has 0 bridgehead atoms. The van der Waals surface area contributed by atoms with Gasteiger partial charge in [0.1, 0.15) is 6.61 Å². The number of hydrogen-bond acceptors (Lipinski definition) is 2. The fourth-order valence-corrected chi connectivity index (χ4v) is 2.73. The monoisotopic (exact) mass is 274 g/mol. The predicted molar refractivity (Wildman–Crippen MR) is 82.2 cm³/mol. The lowest BCUT2D eigenvalue weighted by Crippen LogP contribution is -2.23. The smallest absolute Gasteiger partial charge is 0.188 e. The predicted octanol–water partition coefficient (Wildman–Crippen LogP) is 4.59. The van der Waals surface area contributed by atoms with Crippen molar-refractivity contribution in [1.29, 1.82) is 0 Å². The Hall–Kier alpha value is -1.15. The highest BCUT2D eigenvalue weighted by Crippen LogP contribution is 2.25. The molecule has 0 unspecified atom stereocenters. The third kappa shape index (κ3) is 4.17. The van der Waals surface area contributed by atoms with Gasteiger partial charge in [-0.2, -0.15) is 0 Å². The van der Waals surface area contributed by atoms with E-state index in [1.54, 1.807) is 0 Å². The van der Waals surface area contributed by atoms with E-state index in [0.717, 1.165) is 24.3 Å². The summed E-state index contributed by atoms with van der Waals surface area (Å²) in [6.45, 7) is 6.83. The van der Waals surface area contributed by atoms with Crippen LogP contribution in [0.3, 0.4) is 0 Å². The zero-order chi connectivity index (χ0) is 14.5. The first kappa shape index (κ1) is 15.2. The summed E-state index contributed by atoms with van der Waals surface area (Å²) in [5, 5.41) is 0. The molecule has 0 saturated heterocycles. The molecule has 2 rings (SSSR count). The molecule has 0 spiro atoms. The van der Waals surface area contributed by atoms with Crippen LogP contribution in [-0.4, -0.2) is 18.5 Å². The number of benzene rings is 1. The molecular formula is C18H26O2. The molecule has 1 aliphatic rings. The Kier molecular flexibility index (Phi) is 5.36. The fourth-order valence-electron chi connectivity index (χ4n) is 2.73. The number of carbonyl (C=O) groups is 1. The molecule has 2 heteroatoms. The van der Waals surface area contributed by atoms with E-state index in [1.807, 2.05) is 24.3 Å². The van der Waals surface area contributed by atoms with Crippen molar-refractivity contribution in [2.75, 3.05) is 6.61 Å². The van der Waals surface area contributed by atoms with E-state index < -0.39 is 0 Å². The molecule has 20 heavy (non-hydrogen) atoms. The summed E-state index contributed by atoms with van der Waals surface area (Å²) in [6.07, 6.45) is 4.93. The second-order valence-corrected chi connectivity index (χ2v) is 6.39. The maximum absolute atomic E-state index is 12.1. The average molecular weight is 274 g/mol. The van der Waals surface area contributed by atoms with E-state index in [2.05, 4.69) is 20.8 Å². The highest BCUT2D eigenvalue weighted by Gasteiger charge is 2.19. The van der Waals surface area contributed by atoms with Crippen molar-refractivity contribution in [2.24, 2.45) is 5.92 Å². The molecule has 0 heterocycles. The lowest BCUT2D eigenvalue weighted by molar-refractivity contribution is 0.0217. The molecule has 0 aliphatic heterocycles. The summed E-state index contributed by atoms with van der Waals surface area (Å²) < 4.78 is 5.78. The van der Waals surface area contributed by atoms with Gasteiger partial charge in [-0.15, -0.1) is 0 Å². The number of rotatable bonds is 5. The van der Waals surface area contributed by atoms with Crippen molar-refractivity contribution in [2.45, 2.75) is 58.5 Å². The van der Waals surface area contributed by atoms with E-state index in [1.165, 1.54) is 18.4 Å². The van der Waals surface area contributed by atoms with E-state index in [4.69, 9.17) is 4.74 Å². The third-order valence-electron chi connectivity index (χ3n) is 4.31. The quantitative estimate of drug-likeness (QED) is 0.734. The zero-order valence-corrected chi connectivity index (χ0v) is 12.9. The zero-order valence-electron chi connectivity index (χ0n) is 12.9. The van der Waals surface area contributed by atoms with Crippen LogP contribution in [0, 0.1) is 5.92 Å². The van der Waals surface area contributed by atoms with Gasteiger partial charge in [0.2, 0.25) is 0 Å². The Morgan fingerprint density at radius 1 is 1.15 bits per heavy atom. The van der Waals surface area contributed by atoms with Crippen molar-refractivity contribution < 1.29 is 9.53 Å². The van der Waals surface area contributed by atoms with Gasteiger partial charge >= 0.3 is 0 Å². The minimum Gasteiger partial charge on any atom is -0.370 e. The van der Waals surface area contributed by atoms with Crippen LogP contribution in [0.1, 0.15) is 68.3 Å². The topological polar surface area (TPSA) is 26.3 Å². The Morgan fingerprint density at radius 2 is 1.75 bits per heavy atom. The summed E-state index contributed by atoms with van der Waals surface area (Å²) in [4.78, 5) is 12.1. The minimum absolute atomic E-state index is 0.0962. The highest BCUT2D eigenvalue weighted by molar-refractivity contribution is 5.97. The number of carbonyl (C=O) groups excluding carboxylic acids is 1. The Bertz CT molecular complexity index is 425. The summed E-state index contributed by atoms with van der Waals surface area (Å²) in [6, 6.07) is 7.92. The standard InChI is InChI=1S/C18H26O2/c1-13(2)15-6-8-16(9-7-15)18(19)12-20-17-10-4-14(3)5-11-17/h6-9,13-14,17H,4-5,10-12H2,1-3H3. The fraction of sp³-hybridized carbons (Fsp3) is 0.611. The van der Waals surface area contributed by atoms with Gasteiger partial charge in [0.05, 0.1) is 6.10 Å². The Morgan fingerprint density at radius 3 is 2.30 bits per heavy atom. The van der Waals surface area contributed by atoms with Gasteiger partial charge in [0.25, 0.3) is 0 Å². The number of Topliss-reactive ketones (excluding diaryl/α,β-unsaturated/α-hetero) is 1. The van der Waals surface area contributed by atoms with Crippen LogP contribution in [0.5, 0.6) is 0 Å². The number of ether oxygens (including phenoxy) is 1. The van der Waals surface area contributed by atoms with Gasteiger partial charge in [-0.05, 0) is 43.1 Å². The molecule has 1 aromatic rings. The van der Waals surface area contributed by atoms with E-state index >= 15 is 0 Å². The highest BCUT2D eigenvalue weighted by atomic mass is 16.5. The molecule has 1 aliphatic carbocycles. The van der Waals surface area contributed by atoms with Crippen LogP contribution >= 0.6 is 0 Å². The molecular weight excluding hydrogens is 248 g/mol. The average Bonchev–Trinajstić information content (AvgIpc) is 2.46. The lowest BCUT2D eigenvalue weighted by Gasteiger charge is -2.25. The van der Waals surface area contributed by atoms with Crippen LogP contribution in [-0.2, 0) is 4.74 Å². The summed E-state index contributed by atoms with van der Waals surface area (Å²) >= 11 is 0. The molecule has 1 saturated carbocycles. The van der Waals surface area contributed by atoms with E-state index in [-0.39, 0.29) is 18.5 Å². The SMILES string of the molecule is CC1CCC(OCC(=O)c2ccc(C(C)C)cc2)CC1. The normalized spacial score (nSPS) is 23.0. The first-order chi connectivity index (χ1) is 9.56. The van der Waals surface area contributed by atoms with Crippen molar-refractivity contribution in [1.82, 2.24) is 0 Å². The largest absolute Gasteiger partial charge is 0.370 e. The van der Waals surface area contributed by atoms with Crippen LogP contribution in [0.2, 0.25) is 0 Å². The molecule has 0 aromatic heterocycles. The summed E-state index contributed by atoms with van der Waals surface area (Å²) in [5.74, 6) is 1.41. The summed E-state index contributed by atoms with van der Waals surface area (Å²) in [7, 11) is 0. The maximum atomic E-state index is 12.1. The Balaban J connectivity index is 1.82. The van der Waals surface area contributed by atoms with E-state index in [9.17, 15) is 4.79 Å². The molecule has 110 valence electrons. The van der Waals surface area contributed by atoms with Gasteiger partial charge in [0, 0.05) is 5.56 Å². The molecule has 2 nitrogen and oxygen atoms in total. The van der Waals surface area contributed by atoms with Crippen LogP contribution in [0.25, 0.3) is 0 Å². The van der Waals surface area contributed by atoms with Gasteiger partial charge in [-0.25, -0.2) is 0 Å². The van der Waals surface area contributed by atoms with Crippen molar-refractivity contribution in [3.63, 3.8) is 0 Å². The van der Waals surface area contributed by atoms with Gasteiger partial charge < -0.3 is 4.74 Å². The minimum atomic E-state index is 0.0962. The molecule has 0 N–H and O–H groups in total. The van der Waals surface area contributed by atoms with E-state index in [0.29, 0.717) is 5.92 Å². The van der Waals surface area contributed by atoms with Crippen LogP contribution < -0.4 is 0 Å². The second-order valence-electron chi connectivity index (χ2n) is 6.39. The molecule has 1 fully saturated rings. The number of hydrogen-bond donors (Lipinski definition) is 0. The van der Waals surface area contributed by atoms with Crippen molar-refractivity contribution >= 4 is 5.78 Å². The van der Waals surface area contributed by atoms with Gasteiger partial charge in [-0.1, -0.05) is 45.0 Å². The lowest BCUT2D eigenvalue weighted by atomic mass is 9.89. The number of ketones is 1. The van der Waals surface area contributed by atoms with Crippen LogP contribution in [0.15, 0.2) is 24.3 Å². The summed E-state index contributed by atoms with van der Waals surface area (Å²) in [5.41, 5.74) is 2.03. The van der Waals surface area contributed by atoms with Crippen LogP contribution in [0.4, 0.5) is 0 Å². The molecule has 1 aromatic carbocycles. The van der Waals surface area contributed by atoms with Crippen molar-refractivity contribution in [3.8, 4) is 0 Å². The molecule has 0 atom stereocenters. The molecule has 0 amide bonds. The third-order valence-corrected chi connectivity index (χ3v) is 4.31. The van der Waals surface area contributed by atoms with Crippen molar-refractivity contribution in [3.05, 3.63) is 35.4 Å². The first-order valence-electron chi connectivity index (χ1n) is 7.81. The Labute approximate surface area is 122 Å². The first-order valence-corrected chi connectivity index (χ1v) is 7.81.